The summed E-state index contributed by atoms with van der Waals surface area (Å²) >= 11 is 0. The van der Waals surface area contributed by atoms with Crippen molar-refractivity contribution < 1.29 is 9.59 Å². The van der Waals surface area contributed by atoms with Crippen LogP contribution in [0.15, 0.2) is 48.5 Å². The first-order chi connectivity index (χ1) is 13.1. The molecule has 0 aliphatic carbocycles. The summed E-state index contributed by atoms with van der Waals surface area (Å²) in [6.07, 6.45) is 2.85. The molecule has 5 rings (SSSR count). The van der Waals surface area contributed by atoms with Crippen molar-refractivity contribution in [1.29, 1.82) is 0 Å². The number of fused-ring (bicyclic) bond motifs is 4. The molecule has 3 atom stereocenters. The van der Waals surface area contributed by atoms with Crippen molar-refractivity contribution in [2.75, 3.05) is 17.2 Å². The van der Waals surface area contributed by atoms with Gasteiger partial charge in [0.05, 0.1) is 5.92 Å². The normalized spacial score (nSPS) is 28.9. The zero-order valence-corrected chi connectivity index (χ0v) is 15.4. The van der Waals surface area contributed by atoms with Crippen LogP contribution in [-0.2, 0) is 15.1 Å². The van der Waals surface area contributed by atoms with Crippen LogP contribution in [0.4, 0.5) is 11.4 Å². The SMILES string of the molecule is Cc1ccccc1NC(=O)C1CC2CCCN2C12C(=O)Nc1ccccc12. The number of amides is 2. The molecule has 5 heteroatoms. The van der Waals surface area contributed by atoms with Crippen LogP contribution in [0, 0.1) is 12.8 Å². The van der Waals surface area contributed by atoms with Gasteiger partial charge in [-0.25, -0.2) is 0 Å². The molecule has 0 radical (unpaired) electrons. The number of para-hydroxylation sites is 2. The van der Waals surface area contributed by atoms with Crippen LogP contribution in [-0.4, -0.2) is 29.3 Å². The first kappa shape index (κ1) is 16.5. The molecule has 2 aromatic carbocycles. The first-order valence-corrected chi connectivity index (χ1v) is 9.66. The van der Waals surface area contributed by atoms with Crippen molar-refractivity contribution in [1.82, 2.24) is 4.90 Å². The number of hydrogen-bond donors (Lipinski definition) is 2. The highest BCUT2D eigenvalue weighted by atomic mass is 16.2. The molecule has 5 nitrogen and oxygen atoms in total. The maximum atomic E-state index is 13.4. The Bertz CT molecular complexity index is 941. The van der Waals surface area contributed by atoms with Crippen molar-refractivity contribution in [3.63, 3.8) is 0 Å². The monoisotopic (exact) mass is 361 g/mol. The maximum Gasteiger partial charge on any atom is 0.250 e. The minimum Gasteiger partial charge on any atom is -0.326 e. The largest absolute Gasteiger partial charge is 0.326 e. The van der Waals surface area contributed by atoms with Gasteiger partial charge in [-0.05, 0) is 50.4 Å². The first-order valence-electron chi connectivity index (χ1n) is 9.66. The molecule has 0 bridgehead atoms. The lowest BCUT2D eigenvalue weighted by molar-refractivity contribution is -0.135. The van der Waals surface area contributed by atoms with E-state index < -0.39 is 11.5 Å². The molecule has 0 saturated carbocycles. The Kier molecular flexibility index (Phi) is 3.62. The molecule has 2 N–H and O–H groups in total. The van der Waals surface area contributed by atoms with E-state index in [4.69, 9.17) is 0 Å². The lowest BCUT2D eigenvalue weighted by atomic mass is 9.78. The second-order valence-electron chi connectivity index (χ2n) is 7.85. The molecule has 2 amide bonds. The third-order valence-corrected chi connectivity index (χ3v) is 6.49. The zero-order valence-electron chi connectivity index (χ0n) is 15.4. The van der Waals surface area contributed by atoms with Gasteiger partial charge in [0.15, 0.2) is 0 Å². The van der Waals surface area contributed by atoms with Gasteiger partial charge in [-0.15, -0.1) is 0 Å². The summed E-state index contributed by atoms with van der Waals surface area (Å²) < 4.78 is 0. The van der Waals surface area contributed by atoms with Gasteiger partial charge in [-0.1, -0.05) is 36.4 Å². The fraction of sp³-hybridized carbons (Fsp3) is 0.364. The third-order valence-electron chi connectivity index (χ3n) is 6.49. The number of benzene rings is 2. The van der Waals surface area contributed by atoms with Gasteiger partial charge in [0, 0.05) is 23.0 Å². The highest BCUT2D eigenvalue weighted by Crippen LogP contribution is 2.55. The van der Waals surface area contributed by atoms with E-state index >= 15 is 0 Å². The number of carbonyl (C=O) groups excluding carboxylic acids is 2. The second-order valence-corrected chi connectivity index (χ2v) is 7.85. The highest BCUT2D eigenvalue weighted by Gasteiger charge is 2.65. The van der Waals surface area contributed by atoms with Crippen LogP contribution < -0.4 is 10.6 Å². The number of aryl methyl sites for hydroxylation is 1. The summed E-state index contributed by atoms with van der Waals surface area (Å²) in [5.74, 6) is -0.519. The number of nitrogens with one attached hydrogen (secondary N) is 2. The summed E-state index contributed by atoms with van der Waals surface area (Å²) in [5, 5.41) is 6.14. The summed E-state index contributed by atoms with van der Waals surface area (Å²) in [7, 11) is 0. The van der Waals surface area contributed by atoms with Crippen LogP contribution in [0.1, 0.15) is 30.4 Å². The predicted molar refractivity (Wildman–Crippen MR) is 104 cm³/mol. The topological polar surface area (TPSA) is 61.4 Å². The predicted octanol–water partition coefficient (Wildman–Crippen LogP) is 3.27. The van der Waals surface area contributed by atoms with E-state index in [-0.39, 0.29) is 17.9 Å². The van der Waals surface area contributed by atoms with Crippen molar-refractivity contribution in [3.8, 4) is 0 Å². The number of hydrogen-bond acceptors (Lipinski definition) is 3. The Morgan fingerprint density at radius 3 is 2.81 bits per heavy atom. The lowest BCUT2D eigenvalue weighted by Gasteiger charge is -2.36. The standard InChI is InChI=1S/C22H23N3O2/c1-14-7-2-4-10-18(14)23-20(26)17-13-15-8-6-12-25(15)22(17)16-9-3-5-11-19(16)24-21(22)27/h2-5,7,9-11,15,17H,6,8,12-13H2,1H3,(H,23,26)(H,24,27). The van der Waals surface area contributed by atoms with E-state index in [1.54, 1.807) is 0 Å². The number of carbonyl (C=O) groups is 2. The summed E-state index contributed by atoms with van der Waals surface area (Å²) in [5.41, 5.74) is 2.74. The van der Waals surface area contributed by atoms with Crippen molar-refractivity contribution in [2.45, 2.75) is 37.8 Å². The Hall–Kier alpha value is -2.66. The molecule has 2 fully saturated rings. The van der Waals surface area contributed by atoms with E-state index in [0.717, 1.165) is 48.3 Å². The van der Waals surface area contributed by atoms with E-state index in [1.807, 2.05) is 55.5 Å². The molecule has 1 spiro atoms. The highest BCUT2D eigenvalue weighted by molar-refractivity contribution is 6.10. The second kappa shape index (κ2) is 5.92. The van der Waals surface area contributed by atoms with Gasteiger partial charge in [0.1, 0.15) is 5.54 Å². The molecule has 138 valence electrons. The summed E-state index contributed by atoms with van der Waals surface area (Å²) in [4.78, 5) is 29.0. The fourth-order valence-corrected chi connectivity index (χ4v) is 5.31. The smallest absolute Gasteiger partial charge is 0.250 e. The molecule has 3 unspecified atom stereocenters. The van der Waals surface area contributed by atoms with Gasteiger partial charge >= 0.3 is 0 Å². The van der Waals surface area contributed by atoms with Crippen LogP contribution in [0.25, 0.3) is 0 Å². The van der Waals surface area contributed by atoms with Gasteiger partial charge in [-0.3, -0.25) is 14.5 Å². The third kappa shape index (κ3) is 2.21. The minimum atomic E-state index is -0.884. The molecule has 2 aromatic rings. The van der Waals surface area contributed by atoms with Gasteiger partial charge in [0.2, 0.25) is 11.8 Å². The molecule has 2 saturated heterocycles. The van der Waals surface area contributed by atoms with Crippen LogP contribution in [0.3, 0.4) is 0 Å². The van der Waals surface area contributed by atoms with Gasteiger partial charge in [0.25, 0.3) is 0 Å². The van der Waals surface area contributed by atoms with Gasteiger partial charge in [-0.2, -0.15) is 0 Å². The quantitative estimate of drug-likeness (QED) is 0.863. The average molecular weight is 361 g/mol. The number of rotatable bonds is 2. The van der Waals surface area contributed by atoms with Crippen LogP contribution >= 0.6 is 0 Å². The van der Waals surface area contributed by atoms with Crippen molar-refractivity contribution in [3.05, 3.63) is 59.7 Å². The van der Waals surface area contributed by atoms with Crippen molar-refractivity contribution >= 4 is 23.2 Å². The lowest BCUT2D eigenvalue weighted by Crippen LogP contribution is -2.53. The zero-order chi connectivity index (χ0) is 18.6. The fourth-order valence-electron chi connectivity index (χ4n) is 5.31. The number of anilines is 2. The Morgan fingerprint density at radius 1 is 1.19 bits per heavy atom. The number of nitrogens with zero attached hydrogens (tertiary/aromatic N) is 1. The van der Waals surface area contributed by atoms with E-state index in [1.165, 1.54) is 0 Å². The van der Waals surface area contributed by atoms with E-state index in [9.17, 15) is 9.59 Å². The average Bonchev–Trinajstić information content (AvgIpc) is 3.32. The molecule has 3 aliphatic rings. The summed E-state index contributed by atoms with van der Waals surface area (Å²) in [6, 6.07) is 15.9. The molecule has 3 heterocycles. The maximum absolute atomic E-state index is 13.4. The Labute approximate surface area is 158 Å². The molecule has 0 aromatic heterocycles. The Balaban J connectivity index is 1.59. The van der Waals surface area contributed by atoms with Crippen LogP contribution in [0.2, 0.25) is 0 Å². The van der Waals surface area contributed by atoms with Crippen molar-refractivity contribution in [2.24, 2.45) is 5.92 Å². The molecule has 3 aliphatic heterocycles. The molecular formula is C22H23N3O2. The van der Waals surface area contributed by atoms with Gasteiger partial charge < -0.3 is 10.6 Å². The van der Waals surface area contributed by atoms with Crippen LogP contribution in [0.5, 0.6) is 0 Å². The molecular weight excluding hydrogens is 338 g/mol. The minimum absolute atomic E-state index is 0.0574. The van der Waals surface area contributed by atoms with E-state index in [2.05, 4.69) is 15.5 Å². The molecule has 27 heavy (non-hydrogen) atoms. The van der Waals surface area contributed by atoms with E-state index in [0.29, 0.717) is 0 Å². The summed E-state index contributed by atoms with van der Waals surface area (Å²) in [6.45, 7) is 2.84. The Morgan fingerprint density at radius 2 is 1.96 bits per heavy atom.